The summed E-state index contributed by atoms with van der Waals surface area (Å²) in [4.78, 5) is 0.257. The second kappa shape index (κ2) is 6.92. The second-order valence-electron chi connectivity index (χ2n) is 4.67. The van der Waals surface area contributed by atoms with Crippen LogP contribution in [0.2, 0.25) is 5.02 Å². The molecule has 0 aliphatic heterocycles. The molecule has 0 radical (unpaired) electrons. The fraction of sp³-hybridized carbons (Fsp3) is 0.200. The summed E-state index contributed by atoms with van der Waals surface area (Å²) in [6.45, 7) is 1.80. The van der Waals surface area contributed by atoms with Crippen LogP contribution in [0.3, 0.4) is 0 Å². The van der Waals surface area contributed by atoms with E-state index in [1.165, 1.54) is 0 Å². The number of alkyl halides is 1. The van der Waals surface area contributed by atoms with Crippen molar-refractivity contribution in [1.82, 2.24) is 4.72 Å². The predicted octanol–water partition coefficient (Wildman–Crippen LogP) is 4.27. The maximum absolute atomic E-state index is 12.3. The van der Waals surface area contributed by atoms with Gasteiger partial charge in [0.1, 0.15) is 0 Å². The summed E-state index contributed by atoms with van der Waals surface area (Å²) in [5.41, 5.74) is 1.89. The van der Waals surface area contributed by atoms with Gasteiger partial charge in [-0.2, -0.15) is 0 Å². The highest BCUT2D eigenvalue weighted by Crippen LogP contribution is 2.19. The fourth-order valence-corrected chi connectivity index (χ4v) is 3.61. The van der Waals surface area contributed by atoms with Crippen molar-refractivity contribution in [3.63, 3.8) is 0 Å². The monoisotopic (exact) mass is 387 g/mol. The molecule has 1 atom stereocenters. The zero-order valence-electron chi connectivity index (χ0n) is 11.4. The SMILES string of the molecule is CC(NS(=O)(=O)c1ccc(CBr)cc1)c1ccc(Cl)cc1. The van der Waals surface area contributed by atoms with E-state index in [-0.39, 0.29) is 10.9 Å². The molecule has 1 unspecified atom stereocenters. The Morgan fingerprint density at radius 2 is 1.67 bits per heavy atom. The van der Waals surface area contributed by atoms with Crippen molar-refractivity contribution < 1.29 is 8.42 Å². The number of nitrogens with one attached hydrogen (secondary N) is 1. The van der Waals surface area contributed by atoms with E-state index in [0.29, 0.717) is 10.4 Å². The average Bonchev–Trinajstić information content (AvgIpc) is 2.47. The van der Waals surface area contributed by atoms with Crippen molar-refractivity contribution in [2.75, 3.05) is 0 Å². The van der Waals surface area contributed by atoms with E-state index in [9.17, 15) is 8.42 Å². The van der Waals surface area contributed by atoms with Gasteiger partial charge in [0.05, 0.1) is 4.90 Å². The molecule has 6 heteroatoms. The number of sulfonamides is 1. The van der Waals surface area contributed by atoms with E-state index in [1.807, 2.05) is 12.1 Å². The molecule has 0 aliphatic carbocycles. The molecule has 2 aromatic carbocycles. The quantitative estimate of drug-likeness (QED) is 0.777. The third-order valence-corrected chi connectivity index (χ3v) is 5.55. The Hall–Kier alpha value is -0.880. The third-order valence-electron chi connectivity index (χ3n) is 3.09. The largest absolute Gasteiger partial charge is 0.241 e. The second-order valence-corrected chi connectivity index (χ2v) is 7.38. The molecule has 0 saturated heterocycles. The third kappa shape index (κ3) is 4.30. The van der Waals surface area contributed by atoms with Crippen molar-refractivity contribution in [3.05, 3.63) is 64.7 Å². The summed E-state index contributed by atoms with van der Waals surface area (Å²) >= 11 is 9.16. The normalized spacial score (nSPS) is 13.1. The van der Waals surface area contributed by atoms with E-state index in [1.54, 1.807) is 43.3 Å². The van der Waals surface area contributed by atoms with Gasteiger partial charge in [0.15, 0.2) is 0 Å². The van der Waals surface area contributed by atoms with Crippen LogP contribution in [0.5, 0.6) is 0 Å². The van der Waals surface area contributed by atoms with Crippen LogP contribution in [0.25, 0.3) is 0 Å². The Labute approximate surface area is 138 Å². The lowest BCUT2D eigenvalue weighted by Gasteiger charge is -2.15. The van der Waals surface area contributed by atoms with E-state index < -0.39 is 10.0 Å². The molecule has 0 aromatic heterocycles. The first-order valence-electron chi connectivity index (χ1n) is 6.35. The van der Waals surface area contributed by atoms with E-state index in [4.69, 9.17) is 11.6 Å². The van der Waals surface area contributed by atoms with Crippen LogP contribution < -0.4 is 4.72 Å². The maximum Gasteiger partial charge on any atom is 0.241 e. The van der Waals surface area contributed by atoms with Crippen LogP contribution in [0, 0.1) is 0 Å². The minimum absolute atomic E-state index is 0.257. The highest BCUT2D eigenvalue weighted by atomic mass is 79.9. The molecule has 0 spiro atoms. The van der Waals surface area contributed by atoms with Gasteiger partial charge < -0.3 is 0 Å². The maximum atomic E-state index is 12.3. The standard InChI is InChI=1S/C15H15BrClNO2S/c1-11(13-4-6-14(17)7-5-13)18-21(19,20)15-8-2-12(10-16)3-9-15/h2-9,11,18H,10H2,1H3. The molecule has 2 aromatic rings. The molecule has 0 aliphatic rings. The Morgan fingerprint density at radius 3 is 2.19 bits per heavy atom. The predicted molar refractivity (Wildman–Crippen MR) is 89.3 cm³/mol. The van der Waals surface area contributed by atoms with Gasteiger partial charge in [-0.15, -0.1) is 0 Å². The number of hydrogen-bond donors (Lipinski definition) is 1. The summed E-state index contributed by atoms with van der Waals surface area (Å²) in [5, 5.41) is 1.32. The van der Waals surface area contributed by atoms with E-state index in [2.05, 4.69) is 20.7 Å². The number of halogens is 2. The molecule has 0 heterocycles. The minimum atomic E-state index is -3.54. The molecule has 0 fully saturated rings. The van der Waals surface area contributed by atoms with Crippen molar-refractivity contribution in [3.8, 4) is 0 Å². The van der Waals surface area contributed by atoms with Gasteiger partial charge in [-0.1, -0.05) is 51.8 Å². The van der Waals surface area contributed by atoms with Crippen LogP contribution in [-0.4, -0.2) is 8.42 Å². The van der Waals surface area contributed by atoms with Crippen LogP contribution in [-0.2, 0) is 15.4 Å². The summed E-state index contributed by atoms with van der Waals surface area (Å²) < 4.78 is 27.3. The number of rotatable bonds is 5. The van der Waals surface area contributed by atoms with Crippen molar-refractivity contribution in [1.29, 1.82) is 0 Å². The highest BCUT2D eigenvalue weighted by molar-refractivity contribution is 9.08. The molecule has 1 N–H and O–H groups in total. The minimum Gasteiger partial charge on any atom is -0.207 e. The molecule has 0 saturated carbocycles. The molecular formula is C15H15BrClNO2S. The summed E-state index contributed by atoms with van der Waals surface area (Å²) in [5.74, 6) is 0. The van der Waals surface area contributed by atoms with Crippen LogP contribution in [0.1, 0.15) is 24.1 Å². The Balaban J connectivity index is 2.17. The van der Waals surface area contributed by atoms with Gasteiger partial charge in [-0.05, 0) is 42.3 Å². The lowest BCUT2D eigenvalue weighted by Crippen LogP contribution is -2.26. The van der Waals surface area contributed by atoms with E-state index >= 15 is 0 Å². The average molecular weight is 389 g/mol. The highest BCUT2D eigenvalue weighted by Gasteiger charge is 2.18. The number of benzene rings is 2. The van der Waals surface area contributed by atoms with Gasteiger partial charge in [0.25, 0.3) is 0 Å². The first-order valence-corrected chi connectivity index (χ1v) is 9.33. The lowest BCUT2D eigenvalue weighted by molar-refractivity contribution is 0.567. The summed E-state index contributed by atoms with van der Waals surface area (Å²) in [7, 11) is -3.54. The summed E-state index contributed by atoms with van der Waals surface area (Å²) in [6.07, 6.45) is 0. The van der Waals surface area contributed by atoms with Crippen LogP contribution in [0.4, 0.5) is 0 Å². The van der Waals surface area contributed by atoms with Crippen LogP contribution >= 0.6 is 27.5 Å². The molecular weight excluding hydrogens is 374 g/mol. The molecule has 21 heavy (non-hydrogen) atoms. The topological polar surface area (TPSA) is 46.2 Å². The summed E-state index contributed by atoms with van der Waals surface area (Å²) in [6, 6.07) is 13.6. The fourth-order valence-electron chi connectivity index (χ4n) is 1.88. The molecule has 0 amide bonds. The van der Waals surface area contributed by atoms with Crippen molar-refractivity contribution in [2.24, 2.45) is 0 Å². The number of hydrogen-bond acceptors (Lipinski definition) is 2. The van der Waals surface area contributed by atoms with Gasteiger partial charge in [0.2, 0.25) is 10.0 Å². The van der Waals surface area contributed by atoms with Gasteiger partial charge in [0, 0.05) is 16.4 Å². The molecule has 2 rings (SSSR count). The Kier molecular flexibility index (Phi) is 5.43. The first kappa shape index (κ1) is 16.5. The zero-order valence-corrected chi connectivity index (χ0v) is 14.5. The lowest BCUT2D eigenvalue weighted by atomic mass is 10.1. The Bertz CT molecular complexity index is 699. The van der Waals surface area contributed by atoms with Crippen molar-refractivity contribution in [2.45, 2.75) is 23.2 Å². The first-order chi connectivity index (χ1) is 9.92. The Morgan fingerprint density at radius 1 is 1.10 bits per heavy atom. The van der Waals surface area contributed by atoms with Gasteiger partial charge >= 0.3 is 0 Å². The molecule has 112 valence electrons. The van der Waals surface area contributed by atoms with Crippen LogP contribution in [0.15, 0.2) is 53.4 Å². The zero-order chi connectivity index (χ0) is 15.5. The molecule has 3 nitrogen and oxygen atoms in total. The smallest absolute Gasteiger partial charge is 0.207 e. The molecule has 0 bridgehead atoms. The van der Waals surface area contributed by atoms with Crippen molar-refractivity contribution >= 4 is 37.6 Å². The van der Waals surface area contributed by atoms with E-state index in [0.717, 1.165) is 11.1 Å². The van der Waals surface area contributed by atoms with Gasteiger partial charge in [-0.3, -0.25) is 0 Å². The van der Waals surface area contributed by atoms with Gasteiger partial charge in [-0.25, -0.2) is 13.1 Å².